The largest absolute Gasteiger partial charge is 0.380 e. The number of anilines is 1. The van der Waals surface area contributed by atoms with E-state index in [4.69, 9.17) is 10.5 Å². The molecule has 1 heterocycles. The number of benzene rings is 1. The zero-order valence-electron chi connectivity index (χ0n) is 13.3. The highest BCUT2D eigenvalue weighted by Gasteiger charge is 2.22. The average molecular weight is 342 g/mol. The van der Waals surface area contributed by atoms with Gasteiger partial charge in [-0.1, -0.05) is 18.2 Å². The van der Waals surface area contributed by atoms with E-state index in [-0.39, 0.29) is 49.8 Å². The fourth-order valence-corrected chi connectivity index (χ4v) is 2.60. The molecular weight excluding hydrogens is 318 g/mol. The van der Waals surface area contributed by atoms with Gasteiger partial charge in [-0.3, -0.25) is 9.59 Å². The van der Waals surface area contributed by atoms with Gasteiger partial charge < -0.3 is 20.7 Å². The molecule has 2 rings (SSSR count). The highest BCUT2D eigenvalue weighted by atomic mass is 35.5. The maximum absolute atomic E-state index is 12.3. The number of amides is 2. The molecule has 2 amide bonds. The maximum Gasteiger partial charge on any atom is 0.246 e. The van der Waals surface area contributed by atoms with Gasteiger partial charge in [0.1, 0.15) is 0 Å². The van der Waals surface area contributed by atoms with Gasteiger partial charge in [0, 0.05) is 25.9 Å². The van der Waals surface area contributed by atoms with Crippen LogP contribution in [0, 0.1) is 0 Å². The Morgan fingerprint density at radius 1 is 1.39 bits per heavy atom. The first-order valence-corrected chi connectivity index (χ1v) is 7.53. The van der Waals surface area contributed by atoms with Crippen LogP contribution < -0.4 is 16.0 Å². The molecule has 1 aliphatic rings. The van der Waals surface area contributed by atoms with Crippen LogP contribution in [-0.2, 0) is 20.7 Å². The summed E-state index contributed by atoms with van der Waals surface area (Å²) < 4.78 is 5.06. The molecule has 0 aliphatic carbocycles. The summed E-state index contributed by atoms with van der Waals surface area (Å²) in [6.07, 6.45) is 1.77. The number of carbonyl (C=O) groups excluding carboxylic acids is 2. The molecule has 0 saturated carbocycles. The smallest absolute Gasteiger partial charge is 0.246 e. The minimum Gasteiger partial charge on any atom is -0.380 e. The van der Waals surface area contributed by atoms with Crippen LogP contribution in [0.1, 0.15) is 18.4 Å². The number of hydrogen-bond acceptors (Lipinski definition) is 4. The standard InChI is InChI=1S/C16H23N3O3.ClH/c1-22-13(10-17)9-15(20)18-11-16(21)19-8-4-6-12-5-2-3-7-14(12)19;/h2-3,5,7,13H,4,6,8-11,17H2,1H3,(H,18,20);1H. The van der Waals surface area contributed by atoms with Crippen LogP contribution in [0.5, 0.6) is 0 Å². The van der Waals surface area contributed by atoms with Gasteiger partial charge in [0.05, 0.1) is 19.1 Å². The second-order valence-electron chi connectivity index (χ2n) is 5.35. The number of nitrogens with two attached hydrogens (primary N) is 1. The number of rotatable bonds is 6. The molecule has 6 nitrogen and oxygen atoms in total. The molecule has 1 aliphatic heterocycles. The minimum absolute atomic E-state index is 0. The first kappa shape index (κ1) is 19.4. The highest BCUT2D eigenvalue weighted by Crippen LogP contribution is 2.26. The fourth-order valence-electron chi connectivity index (χ4n) is 2.60. The molecule has 1 aromatic rings. The van der Waals surface area contributed by atoms with Gasteiger partial charge in [-0.15, -0.1) is 12.4 Å². The van der Waals surface area contributed by atoms with Crippen molar-refractivity contribution in [3.63, 3.8) is 0 Å². The third kappa shape index (κ3) is 5.20. The highest BCUT2D eigenvalue weighted by molar-refractivity contribution is 5.97. The van der Waals surface area contributed by atoms with E-state index < -0.39 is 0 Å². The summed E-state index contributed by atoms with van der Waals surface area (Å²) in [6, 6.07) is 7.89. The number of nitrogens with one attached hydrogen (secondary N) is 1. The second kappa shape index (κ2) is 9.50. The Labute approximate surface area is 142 Å². The van der Waals surface area contributed by atoms with Crippen LogP contribution in [0.3, 0.4) is 0 Å². The van der Waals surface area contributed by atoms with Gasteiger partial charge in [-0.25, -0.2) is 0 Å². The molecule has 3 N–H and O–H groups in total. The first-order chi connectivity index (χ1) is 10.7. The van der Waals surface area contributed by atoms with Crippen LogP contribution >= 0.6 is 12.4 Å². The molecular formula is C16H24ClN3O3. The second-order valence-corrected chi connectivity index (χ2v) is 5.35. The predicted octanol–water partition coefficient (Wildman–Crippen LogP) is 0.868. The summed E-state index contributed by atoms with van der Waals surface area (Å²) in [5.41, 5.74) is 7.60. The number of hydrogen-bond donors (Lipinski definition) is 2. The summed E-state index contributed by atoms with van der Waals surface area (Å²) in [4.78, 5) is 25.9. The number of aryl methyl sites for hydroxylation is 1. The topological polar surface area (TPSA) is 84.7 Å². The molecule has 1 aromatic carbocycles. The van der Waals surface area contributed by atoms with E-state index in [2.05, 4.69) is 5.32 Å². The van der Waals surface area contributed by atoms with Crippen LogP contribution in [0.25, 0.3) is 0 Å². The Balaban J connectivity index is 0.00000264. The van der Waals surface area contributed by atoms with E-state index in [0.717, 1.165) is 18.5 Å². The predicted molar refractivity (Wildman–Crippen MR) is 91.8 cm³/mol. The molecule has 0 radical (unpaired) electrons. The van der Waals surface area contributed by atoms with Crippen LogP contribution in [-0.4, -0.2) is 44.7 Å². The van der Waals surface area contributed by atoms with Crippen molar-refractivity contribution in [1.29, 1.82) is 0 Å². The molecule has 1 unspecified atom stereocenters. The van der Waals surface area contributed by atoms with Gasteiger partial charge >= 0.3 is 0 Å². The molecule has 0 spiro atoms. The fraction of sp³-hybridized carbons (Fsp3) is 0.500. The van der Waals surface area contributed by atoms with Crippen molar-refractivity contribution in [3.8, 4) is 0 Å². The zero-order valence-corrected chi connectivity index (χ0v) is 14.1. The normalized spacial score (nSPS) is 14.4. The summed E-state index contributed by atoms with van der Waals surface area (Å²) in [6.45, 7) is 0.959. The van der Waals surface area contributed by atoms with Crippen molar-refractivity contribution >= 4 is 29.9 Å². The third-order valence-electron chi connectivity index (χ3n) is 3.86. The quantitative estimate of drug-likeness (QED) is 0.804. The first-order valence-electron chi connectivity index (χ1n) is 7.53. The Kier molecular flexibility index (Phi) is 8.02. The van der Waals surface area contributed by atoms with E-state index in [1.54, 1.807) is 4.90 Å². The van der Waals surface area contributed by atoms with E-state index in [1.807, 2.05) is 24.3 Å². The lowest BCUT2D eigenvalue weighted by Crippen LogP contribution is -2.43. The lowest BCUT2D eigenvalue weighted by molar-refractivity contribution is -0.126. The van der Waals surface area contributed by atoms with Crippen LogP contribution in [0.15, 0.2) is 24.3 Å². The Hall–Kier alpha value is -1.63. The summed E-state index contributed by atoms with van der Waals surface area (Å²) in [7, 11) is 1.51. The van der Waals surface area contributed by atoms with Crippen molar-refractivity contribution in [2.24, 2.45) is 5.73 Å². The van der Waals surface area contributed by atoms with Crippen molar-refractivity contribution in [2.75, 3.05) is 31.6 Å². The lowest BCUT2D eigenvalue weighted by atomic mass is 10.0. The average Bonchev–Trinajstić information content (AvgIpc) is 2.57. The number of fused-ring (bicyclic) bond motifs is 1. The van der Waals surface area contributed by atoms with Gasteiger partial charge in [-0.05, 0) is 24.5 Å². The van der Waals surface area contributed by atoms with Crippen molar-refractivity contribution in [1.82, 2.24) is 5.32 Å². The summed E-state index contributed by atoms with van der Waals surface area (Å²) in [5.74, 6) is -0.321. The Bertz CT molecular complexity index is 535. The summed E-state index contributed by atoms with van der Waals surface area (Å²) in [5, 5.41) is 2.64. The van der Waals surface area contributed by atoms with Gasteiger partial charge in [0.2, 0.25) is 11.8 Å². The molecule has 0 bridgehead atoms. The van der Waals surface area contributed by atoms with Crippen LogP contribution in [0.4, 0.5) is 5.69 Å². The monoisotopic (exact) mass is 341 g/mol. The van der Waals surface area contributed by atoms with E-state index in [9.17, 15) is 9.59 Å². The van der Waals surface area contributed by atoms with Gasteiger partial charge in [0.25, 0.3) is 0 Å². The number of para-hydroxylation sites is 1. The molecule has 23 heavy (non-hydrogen) atoms. The number of methoxy groups -OCH3 is 1. The third-order valence-corrected chi connectivity index (χ3v) is 3.86. The van der Waals surface area contributed by atoms with Crippen LogP contribution in [0.2, 0.25) is 0 Å². The van der Waals surface area contributed by atoms with Crippen molar-refractivity contribution < 1.29 is 14.3 Å². The molecule has 7 heteroatoms. The van der Waals surface area contributed by atoms with E-state index >= 15 is 0 Å². The number of carbonyl (C=O) groups is 2. The Morgan fingerprint density at radius 3 is 2.83 bits per heavy atom. The molecule has 0 saturated heterocycles. The number of ether oxygens (including phenoxy) is 1. The zero-order chi connectivity index (χ0) is 15.9. The van der Waals surface area contributed by atoms with Gasteiger partial charge in [0.15, 0.2) is 0 Å². The summed E-state index contributed by atoms with van der Waals surface area (Å²) >= 11 is 0. The molecule has 1 atom stereocenters. The Morgan fingerprint density at radius 2 is 2.13 bits per heavy atom. The number of halogens is 1. The molecule has 128 valence electrons. The SMILES string of the molecule is COC(CN)CC(=O)NCC(=O)N1CCCc2ccccc21.Cl. The molecule has 0 fully saturated rings. The van der Waals surface area contributed by atoms with Crippen molar-refractivity contribution in [2.45, 2.75) is 25.4 Å². The lowest BCUT2D eigenvalue weighted by Gasteiger charge is -2.29. The van der Waals surface area contributed by atoms with E-state index in [0.29, 0.717) is 6.54 Å². The van der Waals surface area contributed by atoms with Crippen molar-refractivity contribution in [3.05, 3.63) is 29.8 Å². The minimum atomic E-state index is -0.314. The maximum atomic E-state index is 12.3. The molecule has 0 aromatic heterocycles. The number of nitrogens with zero attached hydrogens (tertiary/aromatic N) is 1. The van der Waals surface area contributed by atoms with Gasteiger partial charge in [-0.2, -0.15) is 0 Å². The van der Waals surface area contributed by atoms with E-state index in [1.165, 1.54) is 12.7 Å².